The molecule has 2 nitrogen and oxygen atoms in total. The van der Waals surface area contributed by atoms with Crippen LogP contribution in [0.2, 0.25) is 0 Å². The molecule has 1 fully saturated rings. The average molecular weight is 218 g/mol. The van der Waals surface area contributed by atoms with E-state index in [9.17, 15) is 9.90 Å². The van der Waals surface area contributed by atoms with Crippen LogP contribution in [0.5, 0.6) is 0 Å². The van der Waals surface area contributed by atoms with Crippen molar-refractivity contribution in [3.05, 3.63) is 35.9 Å². The fourth-order valence-corrected chi connectivity index (χ4v) is 2.13. The lowest BCUT2D eigenvalue weighted by Gasteiger charge is -2.12. The van der Waals surface area contributed by atoms with Crippen LogP contribution in [0.3, 0.4) is 0 Å². The fourth-order valence-electron chi connectivity index (χ4n) is 2.13. The second-order valence-electron chi connectivity index (χ2n) is 4.95. The molecule has 1 aromatic carbocycles. The first-order valence-electron chi connectivity index (χ1n) is 5.88. The van der Waals surface area contributed by atoms with E-state index >= 15 is 0 Å². The number of aliphatic hydroxyl groups is 1. The van der Waals surface area contributed by atoms with E-state index in [-0.39, 0.29) is 17.6 Å². The summed E-state index contributed by atoms with van der Waals surface area (Å²) in [6.07, 6.45) is 0.103. The van der Waals surface area contributed by atoms with Gasteiger partial charge in [-0.25, -0.2) is 0 Å². The van der Waals surface area contributed by atoms with Crippen LogP contribution in [0.25, 0.3) is 0 Å². The van der Waals surface area contributed by atoms with Crippen LogP contribution < -0.4 is 0 Å². The molecule has 0 bridgehead atoms. The van der Waals surface area contributed by atoms with Gasteiger partial charge in [0.15, 0.2) is 5.78 Å². The molecular weight excluding hydrogens is 200 g/mol. The quantitative estimate of drug-likeness (QED) is 0.842. The maximum Gasteiger partial charge on any atom is 0.165 e. The van der Waals surface area contributed by atoms with Crippen molar-refractivity contribution in [2.75, 3.05) is 0 Å². The highest BCUT2D eigenvalue weighted by Gasteiger charge is 2.46. The summed E-state index contributed by atoms with van der Waals surface area (Å²) in [4.78, 5) is 11.9. The third-order valence-electron chi connectivity index (χ3n) is 3.31. The number of Topliss-reactive ketones (excluding diaryl/α,β-unsaturated/α-hetero) is 1. The lowest BCUT2D eigenvalue weighted by atomic mass is 9.98. The van der Waals surface area contributed by atoms with Gasteiger partial charge in [0.25, 0.3) is 0 Å². The van der Waals surface area contributed by atoms with Crippen molar-refractivity contribution in [2.45, 2.75) is 32.3 Å². The lowest BCUT2D eigenvalue weighted by molar-refractivity contribution is -0.130. The topological polar surface area (TPSA) is 37.3 Å². The second-order valence-corrected chi connectivity index (χ2v) is 4.95. The first-order valence-corrected chi connectivity index (χ1v) is 5.88. The highest BCUT2D eigenvalue weighted by Crippen LogP contribution is 2.48. The summed E-state index contributed by atoms with van der Waals surface area (Å²) >= 11 is 0. The van der Waals surface area contributed by atoms with Crippen LogP contribution in [0.15, 0.2) is 30.3 Å². The highest BCUT2D eigenvalue weighted by molar-refractivity contribution is 5.88. The minimum Gasteiger partial charge on any atom is -0.385 e. The van der Waals surface area contributed by atoms with Gasteiger partial charge in [0, 0.05) is 5.92 Å². The Kier molecular flexibility index (Phi) is 3.10. The van der Waals surface area contributed by atoms with Crippen LogP contribution in [0.4, 0.5) is 0 Å². The molecule has 1 aromatic rings. The normalized spacial score (nSPS) is 25.5. The van der Waals surface area contributed by atoms with Gasteiger partial charge < -0.3 is 5.11 Å². The second kappa shape index (κ2) is 4.38. The minimum absolute atomic E-state index is 0.0175. The molecule has 16 heavy (non-hydrogen) atoms. The van der Waals surface area contributed by atoms with E-state index in [0.717, 1.165) is 6.42 Å². The molecule has 1 aliphatic carbocycles. The molecule has 1 saturated carbocycles. The summed E-state index contributed by atoms with van der Waals surface area (Å²) in [7, 11) is 0. The number of ketones is 1. The molecule has 0 aromatic heterocycles. The van der Waals surface area contributed by atoms with Gasteiger partial charge in [-0.1, -0.05) is 44.2 Å². The summed E-state index contributed by atoms with van der Waals surface area (Å²) < 4.78 is 0. The van der Waals surface area contributed by atoms with Crippen LogP contribution in [0.1, 0.15) is 31.7 Å². The maximum absolute atomic E-state index is 11.9. The molecule has 1 aliphatic rings. The van der Waals surface area contributed by atoms with Crippen LogP contribution in [-0.4, -0.2) is 17.0 Å². The van der Waals surface area contributed by atoms with Crippen molar-refractivity contribution in [3.8, 4) is 0 Å². The molecule has 1 N–H and O–H groups in total. The number of rotatable bonds is 4. The van der Waals surface area contributed by atoms with Gasteiger partial charge in [0.2, 0.25) is 0 Å². The molecule has 3 atom stereocenters. The summed E-state index contributed by atoms with van der Waals surface area (Å²) in [5, 5.41) is 9.72. The van der Waals surface area contributed by atoms with Gasteiger partial charge >= 0.3 is 0 Å². The summed E-state index contributed by atoms with van der Waals surface area (Å²) in [5.41, 5.74) is 1.22. The van der Waals surface area contributed by atoms with Crippen molar-refractivity contribution < 1.29 is 9.90 Å². The van der Waals surface area contributed by atoms with E-state index < -0.39 is 6.10 Å². The third kappa shape index (κ3) is 2.17. The van der Waals surface area contributed by atoms with E-state index in [0.29, 0.717) is 5.92 Å². The number of carbonyl (C=O) groups is 1. The van der Waals surface area contributed by atoms with Gasteiger partial charge in [0.1, 0.15) is 6.10 Å². The Morgan fingerprint density at radius 2 is 1.94 bits per heavy atom. The fraction of sp³-hybridized carbons (Fsp3) is 0.500. The summed E-state index contributed by atoms with van der Waals surface area (Å²) in [6.45, 7) is 3.75. The van der Waals surface area contributed by atoms with E-state index in [1.54, 1.807) is 0 Å². The molecule has 0 spiro atoms. The molecule has 2 rings (SSSR count). The highest BCUT2D eigenvalue weighted by atomic mass is 16.3. The van der Waals surface area contributed by atoms with E-state index in [4.69, 9.17) is 0 Å². The number of hydrogen-bond donors (Lipinski definition) is 1. The van der Waals surface area contributed by atoms with Gasteiger partial charge in [-0.3, -0.25) is 4.79 Å². The Balaban J connectivity index is 1.99. The molecule has 0 aliphatic heterocycles. The molecule has 86 valence electrons. The number of carbonyl (C=O) groups excluding carboxylic acids is 1. The van der Waals surface area contributed by atoms with Crippen molar-refractivity contribution in [1.29, 1.82) is 0 Å². The first-order chi connectivity index (χ1) is 7.61. The zero-order valence-electron chi connectivity index (χ0n) is 9.76. The van der Waals surface area contributed by atoms with E-state index in [1.807, 2.05) is 32.0 Å². The largest absolute Gasteiger partial charge is 0.385 e. The Labute approximate surface area is 96.3 Å². The molecular formula is C14H18O2. The van der Waals surface area contributed by atoms with Gasteiger partial charge in [-0.15, -0.1) is 0 Å². The van der Waals surface area contributed by atoms with E-state index in [1.165, 1.54) is 5.56 Å². The molecule has 0 heterocycles. The average Bonchev–Trinajstić information content (AvgIpc) is 3.08. The van der Waals surface area contributed by atoms with Gasteiger partial charge in [-0.05, 0) is 23.8 Å². The summed E-state index contributed by atoms with van der Waals surface area (Å²) in [6, 6.07) is 10.1. The maximum atomic E-state index is 11.9. The summed E-state index contributed by atoms with van der Waals surface area (Å²) in [5.74, 6) is 0.412. The Morgan fingerprint density at radius 1 is 1.31 bits per heavy atom. The van der Waals surface area contributed by atoms with Gasteiger partial charge in [0.05, 0.1) is 0 Å². The van der Waals surface area contributed by atoms with Crippen molar-refractivity contribution >= 4 is 5.78 Å². The number of benzene rings is 1. The predicted molar refractivity (Wildman–Crippen MR) is 63.1 cm³/mol. The third-order valence-corrected chi connectivity index (χ3v) is 3.31. The molecule has 0 radical (unpaired) electrons. The lowest BCUT2D eigenvalue weighted by Crippen LogP contribution is -2.27. The standard InChI is InChI=1S/C14H18O2/c1-9(2)13(15)14(16)12-8-11(12)10-6-4-3-5-7-10/h3-7,9,11-13,15H,8H2,1-2H3. The Morgan fingerprint density at radius 3 is 2.50 bits per heavy atom. The van der Waals surface area contributed by atoms with Gasteiger partial charge in [-0.2, -0.15) is 0 Å². The first kappa shape index (κ1) is 11.3. The van der Waals surface area contributed by atoms with Crippen molar-refractivity contribution in [3.63, 3.8) is 0 Å². The zero-order valence-corrected chi connectivity index (χ0v) is 9.76. The van der Waals surface area contributed by atoms with Crippen LogP contribution >= 0.6 is 0 Å². The molecule has 2 heteroatoms. The minimum atomic E-state index is -0.793. The molecule has 0 amide bonds. The molecule has 3 unspecified atom stereocenters. The monoisotopic (exact) mass is 218 g/mol. The van der Waals surface area contributed by atoms with Crippen LogP contribution in [0, 0.1) is 11.8 Å². The number of aliphatic hydroxyl groups excluding tert-OH is 1. The zero-order chi connectivity index (χ0) is 11.7. The van der Waals surface area contributed by atoms with Crippen molar-refractivity contribution in [1.82, 2.24) is 0 Å². The smallest absolute Gasteiger partial charge is 0.165 e. The predicted octanol–water partition coefficient (Wildman–Crippen LogP) is 2.38. The number of hydrogen-bond acceptors (Lipinski definition) is 2. The Hall–Kier alpha value is -1.15. The Bertz CT molecular complexity index is 370. The SMILES string of the molecule is CC(C)C(O)C(=O)C1CC1c1ccccc1. The van der Waals surface area contributed by atoms with E-state index in [2.05, 4.69) is 12.1 Å². The van der Waals surface area contributed by atoms with Crippen LogP contribution in [-0.2, 0) is 4.79 Å². The molecule has 0 saturated heterocycles. The van der Waals surface area contributed by atoms with Crippen molar-refractivity contribution in [2.24, 2.45) is 11.8 Å².